The molecule has 0 atom stereocenters. The van der Waals surface area contributed by atoms with E-state index in [2.05, 4.69) is 77.2 Å². The van der Waals surface area contributed by atoms with Crippen molar-refractivity contribution in [3.05, 3.63) is 96.4 Å². The van der Waals surface area contributed by atoms with Crippen LogP contribution in [0.15, 0.2) is 89.5 Å². The van der Waals surface area contributed by atoms with Gasteiger partial charge in [-0.05, 0) is 70.7 Å². The molecule has 0 fully saturated rings. The van der Waals surface area contributed by atoms with Crippen molar-refractivity contribution < 1.29 is 24.2 Å². The molecule has 0 aliphatic carbocycles. The van der Waals surface area contributed by atoms with E-state index in [1.807, 2.05) is 0 Å². The summed E-state index contributed by atoms with van der Waals surface area (Å²) in [6.07, 6.45) is 1.02. The Kier molecular flexibility index (Phi) is 3.80. The van der Waals surface area contributed by atoms with Crippen molar-refractivity contribution in [3.63, 3.8) is 0 Å². The van der Waals surface area contributed by atoms with Crippen LogP contribution in [0.1, 0.15) is 20.9 Å². The number of hydrogen-bond acceptors (Lipinski definition) is 3. The molecule has 2 N–H and O–H groups in total. The summed E-state index contributed by atoms with van der Waals surface area (Å²) in [5, 5.41) is 33.4. The predicted molar refractivity (Wildman–Crippen MR) is 138 cm³/mol. The topological polar surface area (TPSA) is 87.7 Å². The van der Waals surface area contributed by atoms with Crippen LogP contribution in [-0.2, 0) is 0 Å². The molecule has 1 aromatic heterocycles. The molecule has 0 bridgehead atoms. The van der Waals surface area contributed by atoms with Crippen LogP contribution in [0.3, 0.4) is 0 Å². The molecule has 5 nitrogen and oxygen atoms in total. The highest BCUT2D eigenvalue weighted by molar-refractivity contribution is 6.44. The summed E-state index contributed by atoms with van der Waals surface area (Å²) in [6, 6.07) is 28.4. The maximum absolute atomic E-state index is 10.3. The second kappa shape index (κ2) is 6.81. The Labute approximate surface area is 197 Å². The molecule has 0 saturated heterocycles. The second-order valence-electron chi connectivity index (χ2n) is 8.76. The molecule has 8 rings (SSSR count). The van der Waals surface area contributed by atoms with Crippen LogP contribution in [0, 0.1) is 0 Å². The third-order valence-corrected chi connectivity index (χ3v) is 6.98. The molecule has 0 spiro atoms. The first-order valence-electron chi connectivity index (χ1n) is 11.1. The lowest BCUT2D eigenvalue weighted by Crippen LogP contribution is -2.03. The van der Waals surface area contributed by atoms with Gasteiger partial charge in [0.2, 0.25) is 5.76 Å². The number of furan rings is 1. The van der Waals surface area contributed by atoms with Crippen molar-refractivity contribution in [2.24, 2.45) is 0 Å². The lowest BCUT2D eigenvalue weighted by molar-refractivity contribution is 0.0626. The van der Waals surface area contributed by atoms with Gasteiger partial charge >= 0.3 is 11.9 Å². The minimum atomic E-state index is -1.38. The van der Waals surface area contributed by atoms with Crippen LogP contribution in [0.4, 0.5) is 0 Å². The van der Waals surface area contributed by atoms with Gasteiger partial charge in [0, 0.05) is 0 Å². The van der Waals surface area contributed by atoms with Crippen molar-refractivity contribution in [3.8, 4) is 0 Å². The first-order valence-corrected chi connectivity index (χ1v) is 11.1. The molecule has 0 radical (unpaired) electrons. The minimum absolute atomic E-state index is 0.336. The molecule has 7 aromatic carbocycles. The zero-order valence-electron chi connectivity index (χ0n) is 18.2. The van der Waals surface area contributed by atoms with E-state index in [0.717, 1.165) is 12.3 Å². The first kappa shape index (κ1) is 19.6. The Hall–Kier alpha value is -4.90. The molecular weight excluding hydrogens is 440 g/mol. The van der Waals surface area contributed by atoms with Gasteiger partial charge in [0.25, 0.3) is 0 Å². The van der Waals surface area contributed by atoms with Gasteiger partial charge in [0.05, 0.1) is 6.26 Å². The van der Waals surface area contributed by atoms with Crippen molar-refractivity contribution in [2.75, 3.05) is 0 Å². The van der Waals surface area contributed by atoms with E-state index in [4.69, 9.17) is 10.2 Å². The summed E-state index contributed by atoms with van der Waals surface area (Å²) in [5.74, 6) is -3.24. The van der Waals surface area contributed by atoms with Crippen LogP contribution in [0.25, 0.3) is 64.6 Å². The van der Waals surface area contributed by atoms with Gasteiger partial charge in [-0.3, -0.25) is 0 Å². The van der Waals surface area contributed by atoms with E-state index in [1.165, 1.54) is 64.6 Å². The smallest absolute Gasteiger partial charge is 0.372 e. The standard InChI is InChI=1S/C24H12.C6H4O5/c1-2-14-5-6-16-9-11-18-12-10-17-8-7-15-4-3-13(1)19-20(14)22(16)24(18)23(17)21(15)19;7-5(8)3-1-2-11-4(3)6(9)10/h1-12H;1-2H,(H,7,8)(H,9,10). The largest absolute Gasteiger partial charge is 0.478 e. The maximum atomic E-state index is 10.3. The zero-order valence-corrected chi connectivity index (χ0v) is 18.2. The van der Waals surface area contributed by atoms with Gasteiger partial charge in [-0.15, -0.1) is 0 Å². The van der Waals surface area contributed by atoms with Crippen LogP contribution < -0.4 is 0 Å². The quantitative estimate of drug-likeness (QED) is 0.207. The fraction of sp³-hybridized carbons (Fsp3) is 0. The van der Waals surface area contributed by atoms with Crippen molar-refractivity contribution in [1.82, 2.24) is 0 Å². The Morgan fingerprint density at radius 3 is 0.943 bits per heavy atom. The molecule has 0 saturated carbocycles. The molecule has 0 unspecified atom stereocenters. The molecule has 5 heteroatoms. The fourth-order valence-electron chi connectivity index (χ4n) is 5.54. The Bertz CT molecular complexity index is 1640. The number of carbonyl (C=O) groups is 2. The van der Waals surface area contributed by atoms with Gasteiger partial charge in [0.15, 0.2) is 0 Å². The molecule has 0 amide bonds. The van der Waals surface area contributed by atoms with E-state index in [1.54, 1.807) is 0 Å². The molecular formula is C30H16O5. The molecule has 1 heterocycles. The lowest BCUT2D eigenvalue weighted by atomic mass is 9.83. The minimum Gasteiger partial charge on any atom is -0.478 e. The van der Waals surface area contributed by atoms with E-state index in [0.29, 0.717) is 0 Å². The zero-order chi connectivity index (χ0) is 23.8. The Morgan fingerprint density at radius 2 is 0.743 bits per heavy atom. The average Bonchev–Trinajstić information content (AvgIpc) is 3.38. The molecule has 0 aliphatic rings. The van der Waals surface area contributed by atoms with Crippen LogP contribution in [0.2, 0.25) is 0 Å². The van der Waals surface area contributed by atoms with Crippen molar-refractivity contribution in [1.29, 1.82) is 0 Å². The summed E-state index contributed by atoms with van der Waals surface area (Å²) < 4.78 is 4.41. The SMILES string of the molecule is O=C(O)c1ccoc1C(=O)O.c1cc2ccc3ccc4ccc5ccc6ccc1c1c2c3c4c5c61. The number of aromatic carboxylic acids is 2. The lowest BCUT2D eigenvalue weighted by Gasteiger charge is -2.20. The number of carboxylic acids is 2. The summed E-state index contributed by atoms with van der Waals surface area (Å²) in [7, 11) is 0. The first-order chi connectivity index (χ1) is 17.0. The third kappa shape index (κ3) is 2.58. The predicted octanol–water partition coefficient (Wildman–Crippen LogP) is 7.60. The highest BCUT2D eigenvalue weighted by atomic mass is 16.4. The highest BCUT2D eigenvalue weighted by Crippen LogP contribution is 2.47. The monoisotopic (exact) mass is 456 g/mol. The summed E-state index contributed by atoms with van der Waals surface area (Å²) in [6.45, 7) is 0. The van der Waals surface area contributed by atoms with E-state index < -0.39 is 17.7 Å². The van der Waals surface area contributed by atoms with E-state index in [-0.39, 0.29) is 5.56 Å². The number of rotatable bonds is 2. The van der Waals surface area contributed by atoms with Crippen LogP contribution in [-0.4, -0.2) is 22.2 Å². The van der Waals surface area contributed by atoms with Gasteiger partial charge in [0.1, 0.15) is 5.56 Å². The van der Waals surface area contributed by atoms with E-state index >= 15 is 0 Å². The molecule has 0 aliphatic heterocycles. The number of hydrogen-bond donors (Lipinski definition) is 2. The Balaban J connectivity index is 0.000000163. The average molecular weight is 456 g/mol. The Morgan fingerprint density at radius 1 is 0.457 bits per heavy atom. The summed E-state index contributed by atoms with van der Waals surface area (Å²) in [5.41, 5.74) is -0.336. The van der Waals surface area contributed by atoms with Crippen molar-refractivity contribution >= 4 is 76.6 Å². The van der Waals surface area contributed by atoms with Gasteiger partial charge < -0.3 is 14.6 Å². The van der Waals surface area contributed by atoms with E-state index in [9.17, 15) is 9.59 Å². The van der Waals surface area contributed by atoms with Gasteiger partial charge in [-0.2, -0.15) is 0 Å². The molecule has 35 heavy (non-hydrogen) atoms. The van der Waals surface area contributed by atoms with Crippen LogP contribution >= 0.6 is 0 Å². The summed E-state index contributed by atoms with van der Waals surface area (Å²) in [4.78, 5) is 20.5. The summed E-state index contributed by atoms with van der Waals surface area (Å²) >= 11 is 0. The van der Waals surface area contributed by atoms with Gasteiger partial charge in [-0.1, -0.05) is 72.8 Å². The third-order valence-electron chi connectivity index (χ3n) is 6.98. The highest BCUT2D eigenvalue weighted by Gasteiger charge is 2.20. The second-order valence-corrected chi connectivity index (χ2v) is 8.76. The normalized spacial score (nSPS) is 11.9. The van der Waals surface area contributed by atoms with Crippen LogP contribution in [0.5, 0.6) is 0 Å². The van der Waals surface area contributed by atoms with Crippen molar-refractivity contribution in [2.45, 2.75) is 0 Å². The number of benzene rings is 7. The fourth-order valence-corrected chi connectivity index (χ4v) is 5.54. The molecule has 166 valence electrons. The number of carboxylic acid groups (broad SMARTS) is 2. The maximum Gasteiger partial charge on any atom is 0.372 e. The molecule has 8 aromatic rings. The van der Waals surface area contributed by atoms with Gasteiger partial charge in [-0.25, -0.2) is 9.59 Å².